The van der Waals surface area contributed by atoms with E-state index in [0.29, 0.717) is 10.8 Å². The molecule has 0 unspecified atom stereocenters. The van der Waals surface area contributed by atoms with Crippen LogP contribution < -0.4 is 10.6 Å². The summed E-state index contributed by atoms with van der Waals surface area (Å²) in [6.07, 6.45) is 3.44. The predicted octanol–water partition coefficient (Wildman–Crippen LogP) is 3.34. The van der Waals surface area contributed by atoms with Crippen LogP contribution in [0, 0.1) is 5.82 Å². The highest BCUT2D eigenvalue weighted by molar-refractivity contribution is 7.80. The van der Waals surface area contributed by atoms with E-state index < -0.39 is 0 Å². The van der Waals surface area contributed by atoms with Crippen LogP contribution in [-0.4, -0.2) is 11.7 Å². The van der Waals surface area contributed by atoms with Crippen molar-refractivity contribution in [1.82, 2.24) is 5.32 Å². The number of hydrogen-bond donors (Lipinski definition) is 2. The van der Waals surface area contributed by atoms with Gasteiger partial charge < -0.3 is 15.1 Å². The van der Waals surface area contributed by atoms with Crippen molar-refractivity contribution >= 4 is 23.0 Å². The van der Waals surface area contributed by atoms with E-state index in [1.54, 1.807) is 18.4 Å². The highest BCUT2D eigenvalue weighted by atomic mass is 32.1. The Morgan fingerprint density at radius 1 is 1.26 bits per heavy atom. The Balaban J connectivity index is 1.67. The average molecular weight is 278 g/mol. The molecule has 0 aliphatic heterocycles. The van der Waals surface area contributed by atoms with Crippen molar-refractivity contribution in [3.63, 3.8) is 0 Å². The third-order valence-corrected chi connectivity index (χ3v) is 2.79. The molecule has 2 aromatic rings. The minimum absolute atomic E-state index is 0.286. The van der Waals surface area contributed by atoms with Gasteiger partial charge in [0, 0.05) is 18.7 Å². The fourth-order valence-electron chi connectivity index (χ4n) is 1.66. The van der Waals surface area contributed by atoms with E-state index in [1.807, 2.05) is 12.1 Å². The lowest BCUT2D eigenvalue weighted by atomic mass is 10.2. The standard InChI is InChI=1S/C14H15FN2OS/c15-11-4-1-5-12(10-11)17-14(19)16-8-2-6-13-7-3-9-18-13/h1,3-5,7,9-10H,2,6,8H2,(H2,16,17,19). The highest BCUT2D eigenvalue weighted by Gasteiger charge is 1.99. The van der Waals surface area contributed by atoms with Crippen LogP contribution in [0.4, 0.5) is 10.1 Å². The molecule has 1 aromatic heterocycles. The fourth-order valence-corrected chi connectivity index (χ4v) is 1.88. The zero-order valence-corrected chi connectivity index (χ0v) is 11.2. The number of anilines is 1. The van der Waals surface area contributed by atoms with Crippen LogP contribution in [-0.2, 0) is 6.42 Å². The van der Waals surface area contributed by atoms with E-state index in [2.05, 4.69) is 10.6 Å². The second-order valence-corrected chi connectivity index (χ2v) is 4.48. The van der Waals surface area contributed by atoms with E-state index in [0.717, 1.165) is 25.1 Å². The molecule has 1 heterocycles. The summed E-state index contributed by atoms with van der Waals surface area (Å²) in [5.41, 5.74) is 0.642. The average Bonchev–Trinajstić information content (AvgIpc) is 2.88. The van der Waals surface area contributed by atoms with Crippen LogP contribution in [0.2, 0.25) is 0 Å². The first-order valence-corrected chi connectivity index (χ1v) is 6.47. The molecule has 2 rings (SSSR count). The van der Waals surface area contributed by atoms with E-state index in [4.69, 9.17) is 16.6 Å². The SMILES string of the molecule is Fc1cccc(NC(=S)NCCCc2ccco2)c1. The maximum atomic E-state index is 13.0. The van der Waals surface area contributed by atoms with Gasteiger partial charge in [0.25, 0.3) is 0 Å². The van der Waals surface area contributed by atoms with Crippen molar-refractivity contribution in [2.45, 2.75) is 12.8 Å². The molecule has 5 heteroatoms. The first kappa shape index (κ1) is 13.5. The Labute approximate surface area is 116 Å². The van der Waals surface area contributed by atoms with E-state index in [-0.39, 0.29) is 5.82 Å². The van der Waals surface area contributed by atoms with Crippen LogP contribution >= 0.6 is 12.2 Å². The monoisotopic (exact) mass is 278 g/mol. The molecule has 0 fully saturated rings. The third kappa shape index (κ3) is 4.71. The second-order valence-electron chi connectivity index (χ2n) is 4.07. The molecule has 2 N–H and O–H groups in total. The normalized spacial score (nSPS) is 10.2. The molecule has 0 atom stereocenters. The molecular weight excluding hydrogens is 263 g/mol. The number of nitrogens with one attached hydrogen (secondary N) is 2. The molecule has 0 spiro atoms. The zero-order chi connectivity index (χ0) is 13.5. The van der Waals surface area contributed by atoms with Gasteiger partial charge in [0.1, 0.15) is 11.6 Å². The molecule has 100 valence electrons. The minimum Gasteiger partial charge on any atom is -0.469 e. The Hall–Kier alpha value is -1.88. The third-order valence-electron chi connectivity index (χ3n) is 2.55. The van der Waals surface area contributed by atoms with Gasteiger partial charge >= 0.3 is 0 Å². The maximum Gasteiger partial charge on any atom is 0.170 e. The second kappa shape index (κ2) is 6.89. The molecule has 3 nitrogen and oxygen atoms in total. The molecule has 0 aliphatic carbocycles. The van der Waals surface area contributed by atoms with Gasteiger partial charge in [-0.05, 0) is 49.0 Å². The minimum atomic E-state index is -0.286. The molecule has 0 amide bonds. The molecular formula is C14H15FN2OS. The lowest BCUT2D eigenvalue weighted by Crippen LogP contribution is -2.29. The zero-order valence-electron chi connectivity index (χ0n) is 10.4. The fraction of sp³-hybridized carbons (Fsp3) is 0.214. The van der Waals surface area contributed by atoms with Crippen LogP contribution in [0.25, 0.3) is 0 Å². The van der Waals surface area contributed by atoms with Crippen molar-refractivity contribution in [2.24, 2.45) is 0 Å². The Bertz CT molecular complexity index is 528. The van der Waals surface area contributed by atoms with Gasteiger partial charge in [-0.25, -0.2) is 4.39 Å². The number of halogens is 1. The summed E-state index contributed by atoms with van der Waals surface area (Å²) in [5, 5.41) is 6.49. The van der Waals surface area contributed by atoms with Crippen LogP contribution in [0.1, 0.15) is 12.2 Å². The molecule has 19 heavy (non-hydrogen) atoms. The molecule has 0 aliphatic rings. The summed E-state index contributed by atoms with van der Waals surface area (Å²) in [5.74, 6) is 0.677. The topological polar surface area (TPSA) is 37.2 Å². The van der Waals surface area contributed by atoms with Gasteiger partial charge in [0.2, 0.25) is 0 Å². The van der Waals surface area contributed by atoms with Crippen molar-refractivity contribution in [3.05, 3.63) is 54.2 Å². The van der Waals surface area contributed by atoms with Gasteiger partial charge in [-0.2, -0.15) is 0 Å². The smallest absolute Gasteiger partial charge is 0.170 e. The maximum absolute atomic E-state index is 13.0. The predicted molar refractivity (Wildman–Crippen MR) is 77.7 cm³/mol. The molecule has 0 saturated carbocycles. The largest absolute Gasteiger partial charge is 0.469 e. The Kier molecular flexibility index (Phi) is 4.92. The number of benzene rings is 1. The van der Waals surface area contributed by atoms with E-state index >= 15 is 0 Å². The molecule has 1 aromatic carbocycles. The number of thiocarbonyl (C=S) groups is 1. The van der Waals surface area contributed by atoms with Gasteiger partial charge in [-0.1, -0.05) is 6.07 Å². The van der Waals surface area contributed by atoms with Crippen molar-refractivity contribution < 1.29 is 8.81 Å². The number of furan rings is 1. The first-order chi connectivity index (χ1) is 9.24. The van der Waals surface area contributed by atoms with Crippen molar-refractivity contribution in [3.8, 4) is 0 Å². The Morgan fingerprint density at radius 3 is 2.89 bits per heavy atom. The Morgan fingerprint density at radius 2 is 2.16 bits per heavy atom. The lowest BCUT2D eigenvalue weighted by Gasteiger charge is -2.10. The van der Waals surface area contributed by atoms with Crippen molar-refractivity contribution in [2.75, 3.05) is 11.9 Å². The summed E-state index contributed by atoms with van der Waals surface area (Å²) < 4.78 is 18.2. The quantitative estimate of drug-likeness (QED) is 0.650. The van der Waals surface area contributed by atoms with E-state index in [1.165, 1.54) is 12.1 Å². The molecule has 0 saturated heterocycles. The summed E-state index contributed by atoms with van der Waals surface area (Å²) in [4.78, 5) is 0. The number of aryl methyl sites for hydroxylation is 1. The van der Waals surface area contributed by atoms with Gasteiger partial charge in [0.15, 0.2) is 5.11 Å². The number of hydrogen-bond acceptors (Lipinski definition) is 2. The van der Waals surface area contributed by atoms with Gasteiger partial charge in [-0.3, -0.25) is 0 Å². The first-order valence-electron chi connectivity index (χ1n) is 6.07. The lowest BCUT2D eigenvalue weighted by molar-refractivity contribution is 0.501. The summed E-state index contributed by atoms with van der Waals surface area (Å²) in [6.45, 7) is 0.738. The summed E-state index contributed by atoms with van der Waals surface area (Å²) in [7, 11) is 0. The van der Waals surface area contributed by atoms with Crippen LogP contribution in [0.5, 0.6) is 0 Å². The van der Waals surface area contributed by atoms with Gasteiger partial charge in [0.05, 0.1) is 6.26 Å². The summed E-state index contributed by atoms with van der Waals surface area (Å²) >= 11 is 5.12. The highest BCUT2D eigenvalue weighted by Crippen LogP contribution is 2.08. The molecule has 0 bridgehead atoms. The summed E-state index contributed by atoms with van der Waals surface area (Å²) in [6, 6.07) is 10.0. The van der Waals surface area contributed by atoms with Crippen LogP contribution in [0.3, 0.4) is 0 Å². The number of rotatable bonds is 5. The van der Waals surface area contributed by atoms with Crippen LogP contribution in [0.15, 0.2) is 47.1 Å². The molecule has 0 radical (unpaired) electrons. The van der Waals surface area contributed by atoms with E-state index in [9.17, 15) is 4.39 Å². The van der Waals surface area contributed by atoms with Crippen molar-refractivity contribution in [1.29, 1.82) is 0 Å². The van der Waals surface area contributed by atoms with Gasteiger partial charge in [-0.15, -0.1) is 0 Å².